The highest BCUT2D eigenvalue weighted by molar-refractivity contribution is 7.85. The molecule has 0 aromatic rings. The van der Waals surface area contributed by atoms with E-state index in [-0.39, 0.29) is 25.5 Å². The molecule has 0 aromatic heterocycles. The molecule has 20 heavy (non-hydrogen) atoms. The minimum absolute atomic E-state index is 0.132. The molecule has 0 aliphatic carbocycles. The van der Waals surface area contributed by atoms with E-state index in [1.165, 1.54) is 4.90 Å². The fraction of sp³-hybridized carbons (Fsp3) is 0.833. The molecular formula is C12H21NO6S. The van der Waals surface area contributed by atoms with Crippen molar-refractivity contribution in [3.8, 4) is 0 Å². The first kappa shape index (κ1) is 16.9. The van der Waals surface area contributed by atoms with Gasteiger partial charge in [-0.3, -0.25) is 13.8 Å². The van der Waals surface area contributed by atoms with Crippen molar-refractivity contribution in [2.75, 3.05) is 19.4 Å². The number of hydrogen-bond donors (Lipinski definition) is 0. The molecular weight excluding hydrogens is 286 g/mol. The second-order valence-corrected chi connectivity index (χ2v) is 7.43. The molecule has 1 saturated heterocycles. The Morgan fingerprint density at radius 1 is 1.40 bits per heavy atom. The maximum Gasteiger partial charge on any atom is 0.326 e. The van der Waals surface area contributed by atoms with Crippen molar-refractivity contribution in [2.24, 2.45) is 0 Å². The molecule has 1 atom stereocenters. The zero-order valence-corrected chi connectivity index (χ0v) is 13.0. The molecule has 0 spiro atoms. The lowest BCUT2D eigenvalue weighted by Gasteiger charge is -2.26. The molecule has 0 N–H and O–H groups in total. The van der Waals surface area contributed by atoms with E-state index in [9.17, 15) is 18.0 Å². The van der Waals surface area contributed by atoms with Gasteiger partial charge in [-0.15, -0.1) is 0 Å². The molecule has 0 radical (unpaired) electrons. The van der Waals surface area contributed by atoms with Crippen LogP contribution in [-0.4, -0.2) is 56.2 Å². The first-order valence-electron chi connectivity index (χ1n) is 6.34. The van der Waals surface area contributed by atoms with Gasteiger partial charge in [0.05, 0.1) is 18.9 Å². The number of likely N-dealkylation sites (tertiary alicyclic amines) is 1. The molecule has 0 aromatic carbocycles. The molecule has 0 bridgehead atoms. The number of nitrogens with zero attached hydrogens (tertiary/aromatic N) is 1. The Morgan fingerprint density at radius 3 is 2.50 bits per heavy atom. The highest BCUT2D eigenvalue weighted by atomic mass is 32.2. The van der Waals surface area contributed by atoms with Crippen molar-refractivity contribution in [1.29, 1.82) is 0 Å². The van der Waals surface area contributed by atoms with Gasteiger partial charge in [-0.1, -0.05) is 0 Å². The van der Waals surface area contributed by atoms with Crippen LogP contribution < -0.4 is 0 Å². The maximum atomic E-state index is 11.7. The number of esters is 1. The van der Waals surface area contributed by atoms with E-state index in [1.54, 1.807) is 20.8 Å². The number of amides is 1. The summed E-state index contributed by atoms with van der Waals surface area (Å²) >= 11 is 0. The van der Waals surface area contributed by atoms with Gasteiger partial charge in [-0.25, -0.2) is 0 Å². The molecule has 7 nitrogen and oxygen atoms in total. The molecule has 1 aliphatic rings. The Kier molecular flexibility index (Phi) is 5.15. The second-order valence-electron chi connectivity index (χ2n) is 5.79. The summed E-state index contributed by atoms with van der Waals surface area (Å²) in [6.45, 7) is 4.89. The smallest absolute Gasteiger partial charge is 0.326 e. The van der Waals surface area contributed by atoms with Gasteiger partial charge < -0.3 is 9.64 Å². The third-order valence-corrected chi connectivity index (χ3v) is 3.21. The average Bonchev–Trinajstić information content (AvgIpc) is 2.54. The van der Waals surface area contributed by atoms with E-state index in [0.717, 1.165) is 6.26 Å². The molecule has 1 unspecified atom stereocenters. The van der Waals surface area contributed by atoms with Gasteiger partial charge in [0.1, 0.15) is 12.1 Å². The monoisotopic (exact) mass is 307 g/mol. The number of carbonyl (C=O) groups is 2. The SMILES string of the molecule is CC(C)(C)OC(=O)CN1C(=O)CCC1COS(C)(=O)=O. The predicted molar refractivity (Wildman–Crippen MR) is 71.4 cm³/mol. The summed E-state index contributed by atoms with van der Waals surface area (Å²) in [7, 11) is -3.56. The quantitative estimate of drug-likeness (QED) is 0.536. The summed E-state index contributed by atoms with van der Waals surface area (Å²) in [5.74, 6) is -0.713. The Labute approximate surface area is 119 Å². The lowest BCUT2D eigenvalue weighted by molar-refractivity contribution is -0.158. The van der Waals surface area contributed by atoms with Gasteiger partial charge >= 0.3 is 5.97 Å². The van der Waals surface area contributed by atoms with Gasteiger partial charge in [0, 0.05) is 6.42 Å². The summed E-state index contributed by atoms with van der Waals surface area (Å²) in [5.41, 5.74) is -0.626. The Bertz CT molecular complexity index is 479. The van der Waals surface area contributed by atoms with Crippen molar-refractivity contribution in [3.63, 3.8) is 0 Å². The zero-order chi connectivity index (χ0) is 15.6. The standard InChI is InChI=1S/C12H21NO6S/c1-12(2,3)19-11(15)7-13-9(5-6-10(13)14)8-18-20(4,16)17/h9H,5-8H2,1-4H3. The molecule has 1 rings (SSSR count). The van der Waals surface area contributed by atoms with Crippen LogP contribution in [0.15, 0.2) is 0 Å². The number of ether oxygens (including phenoxy) is 1. The van der Waals surface area contributed by atoms with Crippen LogP contribution in [0.2, 0.25) is 0 Å². The fourth-order valence-corrected chi connectivity index (χ4v) is 2.30. The first-order chi connectivity index (χ1) is 8.98. The molecule has 1 amide bonds. The van der Waals surface area contributed by atoms with Crippen molar-refractivity contribution in [2.45, 2.75) is 45.3 Å². The Hall–Kier alpha value is -1.15. The second kappa shape index (κ2) is 6.09. The fourth-order valence-electron chi connectivity index (χ4n) is 1.90. The van der Waals surface area contributed by atoms with E-state index in [1.807, 2.05) is 0 Å². The van der Waals surface area contributed by atoms with E-state index in [4.69, 9.17) is 8.92 Å². The zero-order valence-electron chi connectivity index (χ0n) is 12.2. The highest BCUT2D eigenvalue weighted by Crippen LogP contribution is 2.20. The molecule has 1 fully saturated rings. The van der Waals surface area contributed by atoms with E-state index < -0.39 is 27.7 Å². The van der Waals surface area contributed by atoms with Crippen molar-refractivity contribution in [3.05, 3.63) is 0 Å². The summed E-state index contributed by atoms with van der Waals surface area (Å²) < 4.78 is 31.8. The summed E-state index contributed by atoms with van der Waals surface area (Å²) in [5, 5.41) is 0. The van der Waals surface area contributed by atoms with E-state index >= 15 is 0 Å². The van der Waals surface area contributed by atoms with Crippen molar-refractivity contribution < 1.29 is 26.9 Å². The van der Waals surface area contributed by atoms with Gasteiger partial charge in [-0.2, -0.15) is 8.42 Å². The summed E-state index contributed by atoms with van der Waals surface area (Å²) in [6.07, 6.45) is 1.69. The van der Waals surface area contributed by atoms with Crippen LogP contribution in [0.3, 0.4) is 0 Å². The Balaban J connectivity index is 2.60. The Morgan fingerprint density at radius 2 is 2.00 bits per heavy atom. The minimum Gasteiger partial charge on any atom is -0.459 e. The van der Waals surface area contributed by atoms with Crippen LogP contribution >= 0.6 is 0 Å². The van der Waals surface area contributed by atoms with Gasteiger partial charge in [0.2, 0.25) is 5.91 Å². The van der Waals surface area contributed by atoms with Crippen LogP contribution in [0.1, 0.15) is 33.6 Å². The minimum atomic E-state index is -3.56. The highest BCUT2D eigenvalue weighted by Gasteiger charge is 2.34. The predicted octanol–water partition coefficient (Wildman–Crippen LogP) is 0.295. The molecule has 8 heteroatoms. The lowest BCUT2D eigenvalue weighted by Crippen LogP contribution is -2.42. The number of rotatable bonds is 5. The van der Waals surface area contributed by atoms with Gasteiger partial charge in [-0.05, 0) is 27.2 Å². The molecule has 116 valence electrons. The molecule has 1 aliphatic heterocycles. The largest absolute Gasteiger partial charge is 0.459 e. The first-order valence-corrected chi connectivity index (χ1v) is 8.15. The van der Waals surface area contributed by atoms with Crippen LogP contribution in [-0.2, 0) is 28.6 Å². The summed E-state index contributed by atoms with van der Waals surface area (Å²) in [6, 6.07) is -0.412. The third kappa shape index (κ3) is 5.87. The molecule has 0 saturated carbocycles. The maximum absolute atomic E-state index is 11.7. The van der Waals surface area contributed by atoms with Crippen LogP contribution in [0.5, 0.6) is 0 Å². The molecule has 1 heterocycles. The van der Waals surface area contributed by atoms with Crippen LogP contribution in [0.4, 0.5) is 0 Å². The lowest BCUT2D eigenvalue weighted by atomic mass is 10.2. The summed E-state index contributed by atoms with van der Waals surface area (Å²) in [4.78, 5) is 24.8. The van der Waals surface area contributed by atoms with Crippen molar-refractivity contribution >= 4 is 22.0 Å². The number of carbonyl (C=O) groups excluding carboxylic acids is 2. The van der Waals surface area contributed by atoms with Gasteiger partial charge in [0.25, 0.3) is 10.1 Å². The van der Waals surface area contributed by atoms with Crippen LogP contribution in [0.25, 0.3) is 0 Å². The van der Waals surface area contributed by atoms with E-state index in [2.05, 4.69) is 0 Å². The number of hydrogen-bond acceptors (Lipinski definition) is 6. The third-order valence-electron chi connectivity index (χ3n) is 2.65. The topological polar surface area (TPSA) is 90.0 Å². The van der Waals surface area contributed by atoms with Crippen molar-refractivity contribution in [1.82, 2.24) is 4.90 Å². The van der Waals surface area contributed by atoms with E-state index in [0.29, 0.717) is 6.42 Å². The normalized spacial score (nSPS) is 20.3. The average molecular weight is 307 g/mol. The van der Waals surface area contributed by atoms with Gasteiger partial charge in [0.15, 0.2) is 0 Å². The van der Waals surface area contributed by atoms with Crippen LogP contribution in [0, 0.1) is 0 Å².